The summed E-state index contributed by atoms with van der Waals surface area (Å²) in [6, 6.07) is 13.7. The summed E-state index contributed by atoms with van der Waals surface area (Å²) in [7, 11) is -1.77. The zero-order chi connectivity index (χ0) is 21.7. The number of sulfonamides is 1. The first-order valence-corrected chi connectivity index (χ1v) is 11.5. The van der Waals surface area contributed by atoms with Gasteiger partial charge in [0.1, 0.15) is 19.3 Å². The number of ether oxygens (including phenoxy) is 2. The average molecular weight is 434 g/mol. The van der Waals surface area contributed by atoms with E-state index in [0.717, 1.165) is 16.2 Å². The molecule has 0 radical (unpaired) electrons. The molecule has 0 saturated carbocycles. The third-order valence-corrected chi connectivity index (χ3v) is 6.05. The van der Waals surface area contributed by atoms with Gasteiger partial charge in [-0.05, 0) is 31.2 Å². The van der Waals surface area contributed by atoms with E-state index in [2.05, 4.69) is 5.32 Å². The quantitative estimate of drug-likeness (QED) is 0.684. The van der Waals surface area contributed by atoms with Crippen LogP contribution >= 0.6 is 0 Å². The molecule has 1 amide bonds. The number of benzene rings is 2. The number of nitrogens with zero attached hydrogens (tertiary/aromatic N) is 2. The molecular weight excluding hydrogens is 406 g/mol. The van der Waals surface area contributed by atoms with Crippen molar-refractivity contribution in [2.24, 2.45) is 0 Å². The summed E-state index contributed by atoms with van der Waals surface area (Å²) < 4.78 is 37.1. The molecule has 0 saturated heterocycles. The minimum Gasteiger partial charge on any atom is -0.486 e. The Morgan fingerprint density at radius 1 is 1.07 bits per heavy atom. The molecule has 3 rings (SSSR count). The second-order valence-corrected chi connectivity index (χ2v) is 8.97. The number of nitrogens with one attached hydrogen (secondary N) is 1. The number of amides is 1. The van der Waals surface area contributed by atoms with Crippen molar-refractivity contribution in [1.29, 1.82) is 0 Å². The number of likely N-dealkylation sites (N-methyl/N-ethyl adjacent to an activating group) is 1. The average Bonchev–Trinajstić information content (AvgIpc) is 2.73. The summed E-state index contributed by atoms with van der Waals surface area (Å²) in [6.07, 6.45) is 1.08. The molecule has 30 heavy (non-hydrogen) atoms. The molecule has 1 aliphatic rings. The molecule has 0 bridgehead atoms. The number of hydrogen-bond acceptors (Lipinski definition) is 6. The van der Waals surface area contributed by atoms with Gasteiger partial charge in [-0.3, -0.25) is 9.10 Å². The number of hydrogen-bond donors (Lipinski definition) is 1. The first-order chi connectivity index (χ1) is 14.3. The van der Waals surface area contributed by atoms with E-state index in [1.165, 1.54) is 0 Å². The largest absolute Gasteiger partial charge is 0.486 e. The number of carbonyl (C=O) groups excluding carboxylic acids is 1. The highest BCUT2D eigenvalue weighted by Gasteiger charge is 2.30. The Balaban J connectivity index is 1.68. The van der Waals surface area contributed by atoms with E-state index in [1.54, 1.807) is 25.1 Å². The van der Waals surface area contributed by atoms with Gasteiger partial charge in [0, 0.05) is 31.9 Å². The maximum atomic E-state index is 12.7. The van der Waals surface area contributed by atoms with E-state index in [4.69, 9.17) is 9.47 Å². The van der Waals surface area contributed by atoms with Crippen molar-refractivity contribution in [2.45, 2.75) is 13.0 Å². The van der Waals surface area contributed by atoms with Crippen LogP contribution < -0.4 is 24.0 Å². The predicted molar refractivity (Wildman–Crippen MR) is 117 cm³/mol. The smallest absolute Gasteiger partial charge is 0.243 e. The normalized spacial score (nSPS) is 14.0. The van der Waals surface area contributed by atoms with Crippen molar-refractivity contribution in [3.63, 3.8) is 0 Å². The lowest BCUT2D eigenvalue weighted by molar-refractivity contribution is -0.121. The molecule has 2 aromatic carbocycles. The van der Waals surface area contributed by atoms with Crippen LogP contribution in [0.15, 0.2) is 48.5 Å². The van der Waals surface area contributed by atoms with Crippen molar-refractivity contribution in [3.8, 4) is 11.5 Å². The Morgan fingerprint density at radius 2 is 1.73 bits per heavy atom. The number of para-hydroxylation sites is 1. The van der Waals surface area contributed by atoms with E-state index in [-0.39, 0.29) is 5.91 Å². The molecule has 0 aromatic heterocycles. The van der Waals surface area contributed by atoms with Gasteiger partial charge in [0.2, 0.25) is 15.9 Å². The van der Waals surface area contributed by atoms with Crippen LogP contribution in [-0.4, -0.2) is 60.0 Å². The predicted octanol–water partition coefficient (Wildman–Crippen LogP) is 1.86. The molecule has 1 aliphatic heterocycles. The number of carbonyl (C=O) groups is 1. The minimum atomic E-state index is -3.71. The zero-order valence-corrected chi connectivity index (χ0v) is 18.2. The van der Waals surface area contributed by atoms with Crippen molar-refractivity contribution >= 4 is 27.3 Å². The third-order valence-electron chi connectivity index (χ3n) is 4.81. The number of fused-ring (bicyclic) bond motifs is 1. The van der Waals surface area contributed by atoms with Crippen LogP contribution in [0.2, 0.25) is 0 Å². The van der Waals surface area contributed by atoms with Crippen LogP contribution in [0.5, 0.6) is 11.5 Å². The molecule has 1 N–H and O–H groups in total. The Bertz CT molecular complexity index is 981. The van der Waals surface area contributed by atoms with E-state index in [1.807, 2.05) is 42.3 Å². The Kier molecular flexibility index (Phi) is 6.71. The first kappa shape index (κ1) is 21.8. The molecule has 8 nitrogen and oxygen atoms in total. The summed E-state index contributed by atoms with van der Waals surface area (Å²) >= 11 is 0. The lowest BCUT2D eigenvalue weighted by Crippen LogP contribution is -2.49. The number of rotatable bonds is 8. The van der Waals surface area contributed by atoms with Crippen molar-refractivity contribution < 1.29 is 22.7 Å². The molecule has 1 atom stereocenters. The summed E-state index contributed by atoms with van der Waals surface area (Å²) in [4.78, 5) is 14.7. The van der Waals surface area contributed by atoms with Crippen molar-refractivity contribution in [1.82, 2.24) is 5.32 Å². The van der Waals surface area contributed by atoms with Crippen LogP contribution in [0, 0.1) is 0 Å². The lowest BCUT2D eigenvalue weighted by atomic mass is 10.2. The van der Waals surface area contributed by atoms with Gasteiger partial charge in [-0.15, -0.1) is 0 Å². The Morgan fingerprint density at radius 3 is 2.40 bits per heavy atom. The standard InChI is InChI=1S/C21H27N3O5S/c1-16(21(25)22-11-12-23(2)17-7-5-4-6-8-17)24(30(3,26)27)18-9-10-19-20(15-18)29-14-13-28-19/h4-10,15-16H,11-14H2,1-3H3,(H,22,25). The SMILES string of the molecule is CC(C(=O)NCCN(C)c1ccccc1)N(c1ccc2c(c1)OCCO2)S(C)(=O)=O. The van der Waals surface area contributed by atoms with Crippen molar-refractivity contribution in [2.75, 3.05) is 48.8 Å². The molecule has 1 heterocycles. The molecule has 0 fully saturated rings. The fourth-order valence-electron chi connectivity index (χ4n) is 3.28. The van der Waals surface area contributed by atoms with E-state index >= 15 is 0 Å². The maximum absolute atomic E-state index is 12.7. The maximum Gasteiger partial charge on any atom is 0.243 e. The van der Waals surface area contributed by atoms with Gasteiger partial charge < -0.3 is 19.7 Å². The summed E-state index contributed by atoms with van der Waals surface area (Å²) in [5.41, 5.74) is 1.39. The van der Waals surface area contributed by atoms with Crippen LogP contribution in [0.1, 0.15) is 6.92 Å². The molecule has 162 valence electrons. The zero-order valence-electron chi connectivity index (χ0n) is 17.4. The molecule has 1 unspecified atom stereocenters. The van der Waals surface area contributed by atoms with Gasteiger partial charge in [0.05, 0.1) is 11.9 Å². The van der Waals surface area contributed by atoms with Crippen molar-refractivity contribution in [3.05, 3.63) is 48.5 Å². The van der Waals surface area contributed by atoms with Crippen LogP contribution in [0.25, 0.3) is 0 Å². The fourth-order valence-corrected chi connectivity index (χ4v) is 4.45. The van der Waals surface area contributed by atoms with E-state index in [0.29, 0.717) is 43.5 Å². The molecule has 0 spiro atoms. The van der Waals surface area contributed by atoms with Gasteiger partial charge >= 0.3 is 0 Å². The highest BCUT2D eigenvalue weighted by Crippen LogP contribution is 2.35. The van der Waals surface area contributed by atoms with Crippen LogP contribution in [-0.2, 0) is 14.8 Å². The second kappa shape index (κ2) is 9.25. The number of anilines is 2. The highest BCUT2D eigenvalue weighted by molar-refractivity contribution is 7.92. The first-order valence-electron chi connectivity index (χ1n) is 9.70. The monoisotopic (exact) mass is 433 g/mol. The fraction of sp³-hybridized carbons (Fsp3) is 0.381. The summed E-state index contributed by atoms with van der Waals surface area (Å²) in [5, 5.41) is 2.83. The minimum absolute atomic E-state index is 0.353. The van der Waals surface area contributed by atoms with Gasteiger partial charge in [-0.25, -0.2) is 8.42 Å². The Labute approximate surface area is 177 Å². The second-order valence-electron chi connectivity index (χ2n) is 7.11. The molecule has 2 aromatic rings. The van der Waals surface area contributed by atoms with E-state index in [9.17, 15) is 13.2 Å². The van der Waals surface area contributed by atoms with Gasteiger partial charge in [0.15, 0.2) is 11.5 Å². The summed E-state index contributed by atoms with van der Waals surface area (Å²) in [5.74, 6) is 0.640. The summed E-state index contributed by atoms with van der Waals surface area (Å²) in [6.45, 7) is 3.37. The molecular formula is C21H27N3O5S. The molecule has 9 heteroatoms. The molecule has 0 aliphatic carbocycles. The van der Waals surface area contributed by atoms with Crippen LogP contribution in [0.3, 0.4) is 0 Å². The van der Waals surface area contributed by atoms with Crippen LogP contribution in [0.4, 0.5) is 11.4 Å². The topological polar surface area (TPSA) is 88.2 Å². The highest BCUT2D eigenvalue weighted by atomic mass is 32.2. The van der Waals surface area contributed by atoms with Gasteiger partial charge in [-0.2, -0.15) is 0 Å². The Hall–Kier alpha value is -2.94. The van der Waals surface area contributed by atoms with E-state index < -0.39 is 16.1 Å². The van der Waals surface area contributed by atoms with Gasteiger partial charge in [0.25, 0.3) is 0 Å². The lowest BCUT2D eigenvalue weighted by Gasteiger charge is -2.29. The third kappa shape index (κ3) is 5.15. The van der Waals surface area contributed by atoms with Gasteiger partial charge in [-0.1, -0.05) is 18.2 Å².